The number of fused-ring (bicyclic) bond motifs is 2. The minimum absolute atomic E-state index is 0.0751. The van der Waals surface area contributed by atoms with E-state index in [1.54, 1.807) is 30.0 Å². The number of thiazole rings is 1. The number of hydrogen-bond acceptors (Lipinski definition) is 7. The predicted octanol–water partition coefficient (Wildman–Crippen LogP) is 4.97. The number of benzene rings is 2. The van der Waals surface area contributed by atoms with Crippen LogP contribution in [0.4, 0.5) is 5.69 Å². The summed E-state index contributed by atoms with van der Waals surface area (Å²) in [5, 5.41) is 10.8. The van der Waals surface area contributed by atoms with Gasteiger partial charge in [-0.25, -0.2) is 0 Å². The quantitative estimate of drug-likeness (QED) is 0.618. The van der Waals surface area contributed by atoms with E-state index in [1.807, 2.05) is 30.3 Å². The number of allylic oxidation sites excluding steroid dienone is 1. The summed E-state index contributed by atoms with van der Waals surface area (Å²) in [7, 11) is 1.63. The van der Waals surface area contributed by atoms with Crippen LogP contribution in [0.3, 0.4) is 0 Å². The van der Waals surface area contributed by atoms with Crippen molar-refractivity contribution >= 4 is 47.1 Å². The molecule has 28 heavy (non-hydrogen) atoms. The van der Waals surface area contributed by atoms with Crippen molar-refractivity contribution in [2.75, 3.05) is 13.9 Å². The summed E-state index contributed by atoms with van der Waals surface area (Å²) in [5.74, 6) is 2.14. The molecule has 0 fully saturated rings. The molecule has 2 aliphatic heterocycles. The largest absolute Gasteiger partial charge is 0.497 e. The van der Waals surface area contributed by atoms with Crippen LogP contribution in [0.25, 0.3) is 17.3 Å². The second-order valence-corrected chi connectivity index (χ2v) is 7.85. The first kappa shape index (κ1) is 17.0. The van der Waals surface area contributed by atoms with Crippen molar-refractivity contribution in [1.82, 2.24) is 4.57 Å². The Balaban J connectivity index is 1.58. The van der Waals surface area contributed by atoms with Gasteiger partial charge in [-0.3, -0.25) is 9.56 Å². The van der Waals surface area contributed by atoms with Crippen LogP contribution in [0.15, 0.2) is 41.4 Å². The minimum atomic E-state index is 0.0751. The van der Waals surface area contributed by atoms with Gasteiger partial charge in [0.15, 0.2) is 15.5 Å². The van der Waals surface area contributed by atoms with E-state index in [0.29, 0.717) is 20.3 Å². The van der Waals surface area contributed by atoms with E-state index in [2.05, 4.69) is 4.99 Å². The minimum Gasteiger partial charge on any atom is -0.497 e. The first-order valence-corrected chi connectivity index (χ1v) is 9.65. The second kappa shape index (κ2) is 6.50. The van der Waals surface area contributed by atoms with Gasteiger partial charge in [0.2, 0.25) is 12.7 Å². The van der Waals surface area contributed by atoms with E-state index in [9.17, 15) is 5.11 Å². The maximum atomic E-state index is 10.8. The van der Waals surface area contributed by atoms with Crippen molar-refractivity contribution in [3.63, 3.8) is 0 Å². The Kier molecular flexibility index (Phi) is 3.96. The zero-order chi connectivity index (χ0) is 19.3. The maximum Gasteiger partial charge on any atom is 0.231 e. The molecule has 140 valence electrons. The molecule has 0 atom stereocenters. The van der Waals surface area contributed by atoms with Gasteiger partial charge in [0, 0.05) is 23.4 Å². The van der Waals surface area contributed by atoms with Gasteiger partial charge in [-0.1, -0.05) is 0 Å². The maximum absolute atomic E-state index is 10.8. The molecule has 3 heterocycles. The van der Waals surface area contributed by atoms with Gasteiger partial charge in [0.1, 0.15) is 5.75 Å². The molecule has 0 saturated heterocycles. The van der Waals surface area contributed by atoms with E-state index in [0.717, 1.165) is 28.3 Å². The van der Waals surface area contributed by atoms with Crippen LogP contribution >= 0.6 is 23.6 Å². The van der Waals surface area contributed by atoms with Gasteiger partial charge in [0.25, 0.3) is 0 Å². The highest BCUT2D eigenvalue weighted by molar-refractivity contribution is 7.73. The van der Waals surface area contributed by atoms with Crippen LogP contribution in [0, 0.1) is 3.95 Å². The van der Waals surface area contributed by atoms with Crippen LogP contribution in [0.5, 0.6) is 23.1 Å². The van der Waals surface area contributed by atoms with Gasteiger partial charge in [-0.15, -0.1) is 11.3 Å². The van der Waals surface area contributed by atoms with E-state index in [4.69, 9.17) is 26.4 Å². The Labute approximate surface area is 169 Å². The molecule has 2 aliphatic rings. The van der Waals surface area contributed by atoms with Crippen LogP contribution in [-0.4, -0.2) is 29.8 Å². The average molecular weight is 410 g/mol. The van der Waals surface area contributed by atoms with Gasteiger partial charge in [0.05, 0.1) is 23.4 Å². The molecule has 0 saturated carbocycles. The van der Waals surface area contributed by atoms with Crippen molar-refractivity contribution in [2.24, 2.45) is 4.99 Å². The number of aromatic nitrogens is 1. The molecule has 6 nitrogen and oxygen atoms in total. The lowest BCUT2D eigenvalue weighted by Crippen LogP contribution is -1.94. The molecule has 0 radical (unpaired) electrons. The van der Waals surface area contributed by atoms with E-state index >= 15 is 0 Å². The lowest BCUT2D eigenvalue weighted by atomic mass is 10.1. The fourth-order valence-electron chi connectivity index (χ4n) is 3.18. The average Bonchev–Trinajstić information content (AvgIpc) is 3.39. The monoisotopic (exact) mass is 410 g/mol. The molecule has 0 aliphatic carbocycles. The molecular formula is C20H14N2O4S2. The van der Waals surface area contributed by atoms with Gasteiger partial charge in [-0.05, 0) is 48.6 Å². The SMILES string of the molecule is COc1ccc2c(c1)/C(=C/c1sc(=S)n(-c3ccc4c(c3)OCO4)c1O)C=N2. The Morgan fingerprint density at radius 3 is 2.93 bits per heavy atom. The lowest BCUT2D eigenvalue weighted by Gasteiger charge is -2.06. The van der Waals surface area contributed by atoms with Gasteiger partial charge >= 0.3 is 0 Å². The fraction of sp³-hybridized carbons (Fsp3) is 0.100. The smallest absolute Gasteiger partial charge is 0.231 e. The summed E-state index contributed by atoms with van der Waals surface area (Å²) in [5.41, 5.74) is 3.42. The molecular weight excluding hydrogens is 396 g/mol. The number of ether oxygens (including phenoxy) is 3. The van der Waals surface area contributed by atoms with Crippen molar-refractivity contribution in [1.29, 1.82) is 0 Å². The van der Waals surface area contributed by atoms with Crippen molar-refractivity contribution in [3.05, 3.63) is 50.8 Å². The van der Waals surface area contributed by atoms with Crippen molar-refractivity contribution in [3.8, 4) is 28.8 Å². The molecule has 3 aromatic rings. The molecule has 5 rings (SSSR count). The third kappa shape index (κ3) is 2.69. The van der Waals surface area contributed by atoms with E-state index < -0.39 is 0 Å². The second-order valence-electron chi connectivity index (χ2n) is 6.17. The van der Waals surface area contributed by atoms with Crippen LogP contribution in [0.2, 0.25) is 0 Å². The standard InChI is InChI=1S/C20H14N2O4S2/c1-24-13-3-4-15-14(8-13)11(9-21-15)6-18-19(23)22(20(27)28-18)12-2-5-16-17(7-12)26-10-25-16/h2-9,23H,10H2,1H3/b11-6+. The Hall–Kier alpha value is -3.10. The molecule has 0 amide bonds. The summed E-state index contributed by atoms with van der Waals surface area (Å²) in [6.07, 6.45) is 3.66. The number of nitrogens with zero attached hydrogens (tertiary/aromatic N) is 2. The van der Waals surface area contributed by atoms with Crippen molar-refractivity contribution < 1.29 is 19.3 Å². The summed E-state index contributed by atoms with van der Waals surface area (Å²) < 4.78 is 18.2. The van der Waals surface area contributed by atoms with E-state index in [1.165, 1.54) is 11.3 Å². The number of rotatable bonds is 3. The zero-order valence-electron chi connectivity index (χ0n) is 14.7. The molecule has 0 unspecified atom stereocenters. The number of aliphatic imine (C=N–C) groups is 1. The highest BCUT2D eigenvalue weighted by Gasteiger charge is 2.19. The molecule has 1 N–H and O–H groups in total. The number of methoxy groups -OCH3 is 1. The van der Waals surface area contributed by atoms with Crippen LogP contribution < -0.4 is 14.2 Å². The molecule has 0 bridgehead atoms. The third-order valence-electron chi connectivity index (χ3n) is 4.57. The van der Waals surface area contributed by atoms with Gasteiger partial charge < -0.3 is 19.3 Å². The molecule has 8 heteroatoms. The Morgan fingerprint density at radius 2 is 2.07 bits per heavy atom. The Bertz CT molecular complexity index is 1220. The first-order valence-electron chi connectivity index (χ1n) is 8.43. The van der Waals surface area contributed by atoms with Gasteiger partial charge in [-0.2, -0.15) is 0 Å². The highest BCUT2D eigenvalue weighted by atomic mass is 32.1. The highest BCUT2D eigenvalue weighted by Crippen LogP contribution is 2.40. The third-order valence-corrected chi connectivity index (χ3v) is 5.88. The topological polar surface area (TPSA) is 65.2 Å². The summed E-state index contributed by atoms with van der Waals surface area (Å²) >= 11 is 6.82. The number of hydrogen-bond donors (Lipinski definition) is 1. The Morgan fingerprint density at radius 1 is 1.21 bits per heavy atom. The molecule has 1 aromatic heterocycles. The molecule has 2 aromatic carbocycles. The fourth-order valence-corrected chi connectivity index (χ4v) is 4.48. The summed E-state index contributed by atoms with van der Waals surface area (Å²) in [6.45, 7) is 0.194. The summed E-state index contributed by atoms with van der Waals surface area (Å²) in [4.78, 5) is 5.07. The van der Waals surface area contributed by atoms with Crippen molar-refractivity contribution in [2.45, 2.75) is 0 Å². The molecule has 0 spiro atoms. The number of aromatic hydroxyl groups is 1. The zero-order valence-corrected chi connectivity index (χ0v) is 16.3. The lowest BCUT2D eigenvalue weighted by molar-refractivity contribution is 0.174. The van der Waals surface area contributed by atoms with E-state index in [-0.39, 0.29) is 12.7 Å². The summed E-state index contributed by atoms with van der Waals surface area (Å²) in [6, 6.07) is 11.2. The van der Waals surface area contributed by atoms with Crippen LogP contribution in [0.1, 0.15) is 10.4 Å². The van der Waals surface area contributed by atoms with Crippen LogP contribution in [-0.2, 0) is 0 Å². The predicted molar refractivity (Wildman–Crippen MR) is 111 cm³/mol. The normalized spacial score (nSPS) is 15.2. The first-order chi connectivity index (χ1) is 13.6.